The smallest absolute Gasteiger partial charge is 0.324 e. The van der Waals surface area contributed by atoms with Crippen molar-refractivity contribution < 1.29 is 14.2 Å². The average Bonchev–Trinajstić information content (AvgIpc) is 2.47. The molecule has 0 bridgehead atoms. The number of nitrogens with zero attached hydrogens (tertiary/aromatic N) is 3. The Labute approximate surface area is 116 Å². The van der Waals surface area contributed by atoms with Crippen LogP contribution in [0.25, 0.3) is 0 Å². The fraction of sp³-hybridized carbons (Fsp3) is 0.727. The van der Waals surface area contributed by atoms with Crippen molar-refractivity contribution in [1.82, 2.24) is 15.0 Å². The van der Waals surface area contributed by atoms with E-state index in [9.17, 15) is 0 Å². The molecular formula is C11H17ClN4O3. The summed E-state index contributed by atoms with van der Waals surface area (Å²) < 4.78 is 15.4. The van der Waals surface area contributed by atoms with Gasteiger partial charge in [0.05, 0.1) is 19.8 Å². The summed E-state index contributed by atoms with van der Waals surface area (Å²) in [6, 6.07) is 0.400. The Bertz CT molecular complexity index is 404. The molecule has 1 aromatic heterocycles. The second-order valence-electron chi connectivity index (χ2n) is 4.28. The van der Waals surface area contributed by atoms with Gasteiger partial charge < -0.3 is 19.5 Å². The number of halogens is 1. The highest BCUT2D eigenvalue weighted by Gasteiger charge is 2.32. The Hall–Kier alpha value is -1.34. The predicted octanol–water partition coefficient (Wildman–Crippen LogP) is 1.09. The number of nitrogens with one attached hydrogen (secondary N) is 1. The van der Waals surface area contributed by atoms with E-state index in [0.717, 1.165) is 12.8 Å². The maximum absolute atomic E-state index is 6.08. The van der Waals surface area contributed by atoms with Gasteiger partial charge in [-0.25, -0.2) is 0 Å². The number of alkyl halides is 1. The zero-order valence-electron chi connectivity index (χ0n) is 11.0. The minimum atomic E-state index is -0.267. The molecule has 8 heteroatoms. The predicted molar refractivity (Wildman–Crippen MR) is 70.1 cm³/mol. The Morgan fingerprint density at radius 3 is 2.21 bits per heavy atom. The Balaban J connectivity index is 2.20. The van der Waals surface area contributed by atoms with Gasteiger partial charge in [-0.15, -0.1) is 16.6 Å². The summed E-state index contributed by atoms with van der Waals surface area (Å²) in [4.78, 5) is 12.3. The average molecular weight is 289 g/mol. The number of hydrogen-bond acceptors (Lipinski definition) is 7. The summed E-state index contributed by atoms with van der Waals surface area (Å²) in [6.07, 6.45) is 1.60. The van der Waals surface area contributed by atoms with E-state index in [1.807, 2.05) is 0 Å². The third kappa shape index (κ3) is 3.36. The minimum Gasteiger partial charge on any atom is -0.467 e. The summed E-state index contributed by atoms with van der Waals surface area (Å²) in [5.41, 5.74) is -0.267. The normalized spacial score (nSPS) is 17.8. The Morgan fingerprint density at radius 2 is 1.74 bits per heavy atom. The Morgan fingerprint density at radius 1 is 1.16 bits per heavy atom. The van der Waals surface area contributed by atoms with Gasteiger partial charge in [0.25, 0.3) is 0 Å². The number of aromatic nitrogens is 3. The fourth-order valence-electron chi connectivity index (χ4n) is 1.87. The first-order valence-electron chi connectivity index (χ1n) is 5.97. The first-order chi connectivity index (χ1) is 9.21. The van der Waals surface area contributed by atoms with Crippen LogP contribution in [0.4, 0.5) is 5.95 Å². The molecule has 0 atom stereocenters. The fourth-order valence-corrected chi connectivity index (χ4v) is 2.20. The summed E-state index contributed by atoms with van der Waals surface area (Å²) in [5, 5.41) is 3.26. The molecule has 0 saturated carbocycles. The summed E-state index contributed by atoms with van der Waals surface area (Å²) >= 11 is 6.08. The van der Waals surface area contributed by atoms with Crippen molar-refractivity contribution in [2.45, 2.75) is 18.4 Å². The molecule has 19 heavy (non-hydrogen) atoms. The summed E-state index contributed by atoms with van der Waals surface area (Å²) in [7, 11) is 2.98. The maximum Gasteiger partial charge on any atom is 0.324 e. The van der Waals surface area contributed by atoms with Crippen molar-refractivity contribution >= 4 is 17.5 Å². The van der Waals surface area contributed by atoms with E-state index < -0.39 is 0 Å². The van der Waals surface area contributed by atoms with Gasteiger partial charge in [0, 0.05) is 19.1 Å². The van der Waals surface area contributed by atoms with E-state index in [1.165, 1.54) is 14.2 Å². The molecule has 1 fully saturated rings. The highest BCUT2D eigenvalue weighted by molar-refractivity contribution is 6.18. The van der Waals surface area contributed by atoms with Crippen LogP contribution in [0.1, 0.15) is 12.8 Å². The molecule has 1 aliphatic heterocycles. The third-order valence-corrected chi connectivity index (χ3v) is 3.55. The molecule has 7 nitrogen and oxygen atoms in total. The van der Waals surface area contributed by atoms with Gasteiger partial charge in [0.2, 0.25) is 5.95 Å². The van der Waals surface area contributed by atoms with Crippen molar-refractivity contribution in [2.75, 3.05) is 38.6 Å². The van der Waals surface area contributed by atoms with Crippen LogP contribution in [0.2, 0.25) is 0 Å². The number of anilines is 1. The highest BCUT2D eigenvalue weighted by atomic mass is 35.5. The van der Waals surface area contributed by atoms with E-state index in [0.29, 0.717) is 25.0 Å². The van der Waals surface area contributed by atoms with Crippen molar-refractivity contribution in [3.8, 4) is 12.0 Å². The minimum absolute atomic E-state index is 0.200. The molecule has 1 N–H and O–H groups in total. The van der Waals surface area contributed by atoms with Gasteiger partial charge in [-0.2, -0.15) is 9.97 Å². The van der Waals surface area contributed by atoms with E-state index in [-0.39, 0.29) is 17.6 Å². The van der Waals surface area contributed by atoms with Gasteiger partial charge in [0.15, 0.2) is 0 Å². The molecule has 0 radical (unpaired) electrons. The molecule has 0 aromatic carbocycles. The molecule has 0 spiro atoms. The number of rotatable bonds is 5. The van der Waals surface area contributed by atoms with Gasteiger partial charge in [0.1, 0.15) is 0 Å². The lowest BCUT2D eigenvalue weighted by atomic mass is 9.92. The van der Waals surface area contributed by atoms with Gasteiger partial charge in [-0.1, -0.05) is 0 Å². The molecule has 106 valence electrons. The van der Waals surface area contributed by atoms with Gasteiger partial charge in [-0.3, -0.25) is 0 Å². The molecule has 1 aromatic rings. The first kappa shape index (κ1) is 14.1. The number of methoxy groups -OCH3 is 2. The largest absolute Gasteiger partial charge is 0.467 e. The van der Waals surface area contributed by atoms with Crippen LogP contribution in [-0.4, -0.2) is 53.8 Å². The topological polar surface area (TPSA) is 78.4 Å². The number of hydrogen-bond donors (Lipinski definition) is 1. The molecule has 2 rings (SSSR count). The van der Waals surface area contributed by atoms with Crippen LogP contribution in [0.5, 0.6) is 12.0 Å². The van der Waals surface area contributed by atoms with Crippen molar-refractivity contribution in [2.24, 2.45) is 0 Å². The lowest BCUT2D eigenvalue weighted by molar-refractivity contribution is 0.0665. The maximum atomic E-state index is 6.08. The Kier molecular flexibility index (Phi) is 4.60. The van der Waals surface area contributed by atoms with Crippen LogP contribution >= 0.6 is 11.6 Å². The molecule has 1 saturated heterocycles. The molecule has 0 amide bonds. The van der Waals surface area contributed by atoms with Crippen LogP contribution in [0, 0.1) is 0 Å². The van der Waals surface area contributed by atoms with Crippen LogP contribution in [-0.2, 0) is 4.74 Å². The monoisotopic (exact) mass is 288 g/mol. The van der Waals surface area contributed by atoms with E-state index in [1.54, 1.807) is 0 Å². The zero-order chi connectivity index (χ0) is 13.7. The van der Waals surface area contributed by atoms with E-state index in [2.05, 4.69) is 20.3 Å². The quantitative estimate of drug-likeness (QED) is 0.813. The standard InChI is InChI=1S/C11H17ClN4O3/c1-17-9-13-8(14-10(15-9)18-2)16-11(7-12)3-5-19-6-4-11/h3-7H2,1-2H3,(H,13,14,15,16). The summed E-state index contributed by atoms with van der Waals surface area (Å²) in [5.74, 6) is 0.846. The van der Waals surface area contributed by atoms with Gasteiger partial charge in [-0.05, 0) is 12.8 Å². The first-order valence-corrected chi connectivity index (χ1v) is 6.51. The number of ether oxygens (including phenoxy) is 3. The highest BCUT2D eigenvalue weighted by Crippen LogP contribution is 2.27. The van der Waals surface area contributed by atoms with Crippen LogP contribution in [0.3, 0.4) is 0 Å². The SMILES string of the molecule is COc1nc(NC2(CCl)CCOCC2)nc(OC)n1. The second kappa shape index (κ2) is 6.21. The second-order valence-corrected chi connectivity index (χ2v) is 4.55. The summed E-state index contributed by atoms with van der Waals surface area (Å²) in [6.45, 7) is 1.33. The lowest BCUT2D eigenvalue weighted by Crippen LogP contribution is -2.45. The lowest BCUT2D eigenvalue weighted by Gasteiger charge is -2.36. The van der Waals surface area contributed by atoms with Crippen molar-refractivity contribution in [3.63, 3.8) is 0 Å². The van der Waals surface area contributed by atoms with Crippen LogP contribution < -0.4 is 14.8 Å². The molecule has 1 aliphatic rings. The molecular weight excluding hydrogens is 272 g/mol. The van der Waals surface area contributed by atoms with Crippen molar-refractivity contribution in [1.29, 1.82) is 0 Å². The molecule has 2 heterocycles. The molecule has 0 aliphatic carbocycles. The van der Waals surface area contributed by atoms with Crippen LogP contribution in [0.15, 0.2) is 0 Å². The van der Waals surface area contributed by atoms with E-state index >= 15 is 0 Å². The molecule has 0 unspecified atom stereocenters. The zero-order valence-corrected chi connectivity index (χ0v) is 11.7. The van der Waals surface area contributed by atoms with Crippen molar-refractivity contribution in [3.05, 3.63) is 0 Å². The third-order valence-electron chi connectivity index (χ3n) is 3.04. The van der Waals surface area contributed by atoms with E-state index in [4.69, 9.17) is 25.8 Å². The van der Waals surface area contributed by atoms with Gasteiger partial charge >= 0.3 is 12.0 Å².